The van der Waals surface area contributed by atoms with Gasteiger partial charge < -0.3 is 10.1 Å². The number of hydrogen-bond donors (Lipinski definition) is 1. The van der Waals surface area contributed by atoms with Crippen LogP contribution in [0.15, 0.2) is 18.3 Å². The van der Waals surface area contributed by atoms with Crippen LogP contribution in [0.3, 0.4) is 0 Å². The molecule has 1 atom stereocenters. The molecule has 1 heterocycles. The molecule has 14 heavy (non-hydrogen) atoms. The normalized spacial score (nSPS) is 11.8. The van der Waals surface area contributed by atoms with Gasteiger partial charge in [-0.1, -0.05) is 0 Å². The summed E-state index contributed by atoms with van der Waals surface area (Å²) in [6.07, 6.45) is 1.69. The molecule has 1 rings (SSSR count). The van der Waals surface area contributed by atoms with E-state index in [2.05, 4.69) is 10.3 Å². The summed E-state index contributed by atoms with van der Waals surface area (Å²) in [5.74, 6) is 0.757. The molecule has 1 unspecified atom stereocenters. The molecule has 1 aromatic rings. The predicted molar refractivity (Wildman–Crippen MR) is 53.9 cm³/mol. The Hall–Kier alpha value is -1.60. The maximum Gasteiger partial charge on any atom is 0.126 e. The number of aromatic nitrogens is 1. The van der Waals surface area contributed by atoms with Crippen molar-refractivity contribution < 1.29 is 4.74 Å². The molecular formula is C10H13N3O. The second-order valence-corrected chi connectivity index (χ2v) is 2.97. The summed E-state index contributed by atoms with van der Waals surface area (Å²) in [7, 11) is 1.67. The van der Waals surface area contributed by atoms with Crippen LogP contribution >= 0.6 is 0 Å². The van der Waals surface area contributed by atoms with Crippen LogP contribution in [0.5, 0.6) is 0 Å². The molecule has 1 N–H and O–H groups in total. The number of ether oxygens (including phenoxy) is 1. The summed E-state index contributed by atoms with van der Waals surface area (Å²) in [5.41, 5.74) is 0.565. The number of pyridine rings is 1. The van der Waals surface area contributed by atoms with Crippen molar-refractivity contribution in [3.63, 3.8) is 0 Å². The van der Waals surface area contributed by atoms with Crippen molar-refractivity contribution in [2.45, 2.75) is 13.0 Å². The third-order valence-corrected chi connectivity index (χ3v) is 1.87. The number of nitrogens with zero attached hydrogens (tertiary/aromatic N) is 2. The molecule has 74 valence electrons. The first-order valence-corrected chi connectivity index (χ1v) is 4.39. The van der Waals surface area contributed by atoms with Crippen molar-refractivity contribution >= 4 is 5.82 Å². The van der Waals surface area contributed by atoms with Crippen LogP contribution in [0.2, 0.25) is 0 Å². The fourth-order valence-electron chi connectivity index (χ4n) is 0.896. The molecule has 4 nitrogen and oxygen atoms in total. The van der Waals surface area contributed by atoms with Gasteiger partial charge in [0.25, 0.3) is 0 Å². The summed E-state index contributed by atoms with van der Waals surface area (Å²) >= 11 is 0. The quantitative estimate of drug-likeness (QED) is 0.781. The van der Waals surface area contributed by atoms with Gasteiger partial charge in [0.05, 0.1) is 11.7 Å². The van der Waals surface area contributed by atoms with Gasteiger partial charge in [-0.05, 0) is 19.1 Å². The molecule has 0 aliphatic carbocycles. The van der Waals surface area contributed by atoms with Crippen molar-refractivity contribution in [1.82, 2.24) is 4.98 Å². The lowest BCUT2D eigenvalue weighted by Gasteiger charge is -2.10. The summed E-state index contributed by atoms with van der Waals surface area (Å²) in [6, 6.07) is 5.52. The molecule has 0 spiro atoms. The second kappa shape index (κ2) is 5.20. The highest BCUT2D eigenvalue weighted by Gasteiger charge is 1.99. The minimum Gasteiger partial charge on any atom is -0.380 e. The standard InChI is InChI=1S/C10H13N3O/c1-8(14-2)6-12-10-4-3-9(5-11)7-13-10/h3-4,7-8H,6H2,1-2H3,(H,12,13). The second-order valence-electron chi connectivity index (χ2n) is 2.97. The number of nitriles is 1. The van der Waals surface area contributed by atoms with Crippen molar-refractivity contribution in [3.05, 3.63) is 23.9 Å². The first-order chi connectivity index (χ1) is 6.76. The lowest BCUT2D eigenvalue weighted by Crippen LogP contribution is -2.18. The molecular weight excluding hydrogens is 178 g/mol. The summed E-state index contributed by atoms with van der Waals surface area (Å²) in [4.78, 5) is 4.07. The van der Waals surface area contributed by atoms with Crippen LogP contribution in [0.4, 0.5) is 5.82 Å². The Morgan fingerprint density at radius 2 is 2.43 bits per heavy atom. The van der Waals surface area contributed by atoms with Gasteiger partial charge in [0.2, 0.25) is 0 Å². The zero-order chi connectivity index (χ0) is 10.4. The van der Waals surface area contributed by atoms with E-state index in [1.807, 2.05) is 13.0 Å². The zero-order valence-electron chi connectivity index (χ0n) is 8.32. The van der Waals surface area contributed by atoms with Gasteiger partial charge in [0, 0.05) is 19.9 Å². The van der Waals surface area contributed by atoms with E-state index < -0.39 is 0 Å². The minimum absolute atomic E-state index is 0.146. The number of nitrogens with one attached hydrogen (secondary N) is 1. The third kappa shape index (κ3) is 3.04. The number of rotatable bonds is 4. The highest BCUT2D eigenvalue weighted by atomic mass is 16.5. The van der Waals surface area contributed by atoms with Crippen LogP contribution in [-0.4, -0.2) is 24.7 Å². The first kappa shape index (κ1) is 10.5. The van der Waals surface area contributed by atoms with Crippen molar-refractivity contribution in [1.29, 1.82) is 5.26 Å². The number of hydrogen-bond acceptors (Lipinski definition) is 4. The van der Waals surface area contributed by atoms with Crippen LogP contribution in [0.1, 0.15) is 12.5 Å². The largest absolute Gasteiger partial charge is 0.380 e. The fourth-order valence-corrected chi connectivity index (χ4v) is 0.896. The molecule has 0 saturated carbocycles. The van der Waals surface area contributed by atoms with E-state index in [9.17, 15) is 0 Å². The maximum atomic E-state index is 8.55. The van der Waals surface area contributed by atoms with Crippen LogP contribution < -0.4 is 5.32 Å². The molecule has 0 fully saturated rings. The summed E-state index contributed by atoms with van der Waals surface area (Å²) < 4.78 is 5.07. The van der Waals surface area contributed by atoms with Gasteiger partial charge in [-0.3, -0.25) is 0 Å². The average Bonchev–Trinajstić information content (AvgIpc) is 2.26. The molecule has 0 aromatic carbocycles. The van der Waals surface area contributed by atoms with Gasteiger partial charge in [0.1, 0.15) is 11.9 Å². The van der Waals surface area contributed by atoms with E-state index in [-0.39, 0.29) is 6.10 Å². The van der Waals surface area contributed by atoms with Crippen molar-refractivity contribution in [3.8, 4) is 6.07 Å². The van der Waals surface area contributed by atoms with E-state index in [0.29, 0.717) is 12.1 Å². The molecule has 0 aliphatic heterocycles. The Labute approximate surface area is 83.5 Å². The first-order valence-electron chi connectivity index (χ1n) is 4.39. The molecule has 4 heteroatoms. The van der Waals surface area contributed by atoms with Crippen LogP contribution in [0, 0.1) is 11.3 Å². The summed E-state index contributed by atoms with van der Waals surface area (Å²) in [5, 5.41) is 11.7. The van der Waals surface area contributed by atoms with E-state index in [1.54, 1.807) is 25.4 Å². The fraction of sp³-hybridized carbons (Fsp3) is 0.400. The smallest absolute Gasteiger partial charge is 0.126 e. The number of anilines is 1. The molecule has 0 radical (unpaired) electrons. The van der Waals surface area contributed by atoms with Gasteiger partial charge in [0.15, 0.2) is 0 Å². The Morgan fingerprint density at radius 1 is 1.64 bits per heavy atom. The van der Waals surface area contributed by atoms with E-state index >= 15 is 0 Å². The van der Waals surface area contributed by atoms with Gasteiger partial charge in [-0.2, -0.15) is 5.26 Å². The average molecular weight is 191 g/mol. The Bertz CT molecular complexity index is 315. The van der Waals surface area contributed by atoms with E-state index in [1.165, 1.54) is 0 Å². The van der Waals surface area contributed by atoms with Crippen LogP contribution in [-0.2, 0) is 4.74 Å². The number of methoxy groups -OCH3 is 1. The third-order valence-electron chi connectivity index (χ3n) is 1.87. The molecule has 0 bridgehead atoms. The van der Waals surface area contributed by atoms with Gasteiger partial charge >= 0.3 is 0 Å². The lowest BCUT2D eigenvalue weighted by atomic mass is 10.3. The molecule has 0 aliphatic rings. The Morgan fingerprint density at radius 3 is 2.93 bits per heavy atom. The van der Waals surface area contributed by atoms with Gasteiger partial charge in [-0.15, -0.1) is 0 Å². The highest BCUT2D eigenvalue weighted by molar-refractivity contribution is 5.38. The highest BCUT2D eigenvalue weighted by Crippen LogP contribution is 2.04. The zero-order valence-corrected chi connectivity index (χ0v) is 8.32. The molecule has 1 aromatic heterocycles. The monoisotopic (exact) mass is 191 g/mol. The summed E-state index contributed by atoms with van der Waals surface area (Å²) in [6.45, 7) is 2.67. The maximum absolute atomic E-state index is 8.55. The SMILES string of the molecule is COC(C)CNc1ccc(C#N)cn1. The topological polar surface area (TPSA) is 57.9 Å². The Kier molecular flexibility index (Phi) is 3.89. The molecule has 0 saturated heterocycles. The van der Waals surface area contributed by atoms with Crippen molar-refractivity contribution in [2.75, 3.05) is 19.0 Å². The van der Waals surface area contributed by atoms with E-state index in [0.717, 1.165) is 5.82 Å². The predicted octanol–water partition coefficient (Wildman–Crippen LogP) is 1.40. The Balaban J connectivity index is 2.49. The molecule has 0 amide bonds. The van der Waals surface area contributed by atoms with E-state index in [4.69, 9.17) is 10.00 Å². The minimum atomic E-state index is 0.146. The van der Waals surface area contributed by atoms with Gasteiger partial charge in [-0.25, -0.2) is 4.98 Å². The lowest BCUT2D eigenvalue weighted by molar-refractivity contribution is 0.128. The van der Waals surface area contributed by atoms with Crippen LogP contribution in [0.25, 0.3) is 0 Å². The van der Waals surface area contributed by atoms with Crippen molar-refractivity contribution in [2.24, 2.45) is 0 Å².